The highest BCUT2D eigenvalue weighted by Gasteiger charge is 2.10. The van der Waals surface area contributed by atoms with Crippen LogP contribution in [0.1, 0.15) is 38.5 Å². The Bertz CT molecular complexity index is 158. The highest BCUT2D eigenvalue weighted by Crippen LogP contribution is 2.26. The van der Waals surface area contributed by atoms with Gasteiger partial charge in [-0.25, -0.2) is 0 Å². The molecule has 1 aliphatic carbocycles. The maximum atomic E-state index is 8.26. The van der Waals surface area contributed by atoms with Crippen molar-refractivity contribution in [1.82, 2.24) is 0 Å². The highest BCUT2D eigenvalue weighted by atomic mass is 14.2. The molecule has 0 saturated heterocycles. The molecule has 0 bridgehead atoms. The second kappa shape index (κ2) is 4.96. The zero-order valence-corrected chi connectivity index (χ0v) is 6.92. The molecule has 0 atom stereocenters. The van der Waals surface area contributed by atoms with Crippen LogP contribution in [0.2, 0.25) is 0 Å². The Morgan fingerprint density at radius 3 is 2.64 bits per heavy atom. The summed E-state index contributed by atoms with van der Waals surface area (Å²) in [4.78, 5) is 0. The topological polar surface area (TPSA) is 23.8 Å². The standard InChI is InChI=1S/C10H15N/c11-9-5-4-8-10-6-2-1-3-7-10/h4-5,10H,1-3,6-8H2. The third-order valence-electron chi connectivity index (χ3n) is 2.39. The summed E-state index contributed by atoms with van der Waals surface area (Å²) in [6.45, 7) is 0. The fourth-order valence-electron chi connectivity index (χ4n) is 1.74. The number of hydrogen-bond acceptors (Lipinski definition) is 1. The number of allylic oxidation sites excluding steroid dienone is 2. The van der Waals surface area contributed by atoms with E-state index in [1.54, 1.807) is 6.08 Å². The molecule has 0 amide bonds. The van der Waals surface area contributed by atoms with E-state index in [1.807, 2.05) is 12.1 Å². The third kappa shape index (κ3) is 3.23. The molecule has 0 aromatic heterocycles. The Hall–Kier alpha value is -0.770. The molecule has 1 rings (SSSR count). The predicted octanol–water partition coefficient (Wildman–Crippen LogP) is 3.04. The fraction of sp³-hybridized carbons (Fsp3) is 0.700. The molecule has 11 heavy (non-hydrogen) atoms. The van der Waals surface area contributed by atoms with E-state index in [0.29, 0.717) is 0 Å². The minimum absolute atomic E-state index is 0.869. The molecule has 1 heteroatoms. The summed E-state index contributed by atoms with van der Waals surface area (Å²) in [7, 11) is 0. The van der Waals surface area contributed by atoms with Gasteiger partial charge in [0, 0.05) is 6.08 Å². The molecule has 60 valence electrons. The van der Waals surface area contributed by atoms with Crippen LogP contribution in [0.3, 0.4) is 0 Å². The van der Waals surface area contributed by atoms with Crippen molar-refractivity contribution in [2.75, 3.05) is 0 Å². The second-order valence-electron chi connectivity index (χ2n) is 3.27. The molecule has 1 saturated carbocycles. The molecule has 0 heterocycles. The lowest BCUT2D eigenvalue weighted by molar-refractivity contribution is 0.361. The van der Waals surface area contributed by atoms with Crippen molar-refractivity contribution in [3.8, 4) is 6.07 Å². The average molecular weight is 149 g/mol. The van der Waals surface area contributed by atoms with Gasteiger partial charge in [-0.15, -0.1) is 0 Å². The van der Waals surface area contributed by atoms with Crippen LogP contribution >= 0.6 is 0 Å². The average Bonchev–Trinajstić information content (AvgIpc) is 2.07. The molecule has 0 N–H and O–H groups in total. The summed E-state index contributed by atoms with van der Waals surface area (Å²) < 4.78 is 0. The summed E-state index contributed by atoms with van der Waals surface area (Å²) in [6, 6.07) is 2.03. The van der Waals surface area contributed by atoms with Gasteiger partial charge in [0.1, 0.15) is 0 Å². The van der Waals surface area contributed by atoms with Gasteiger partial charge in [0.25, 0.3) is 0 Å². The van der Waals surface area contributed by atoms with Crippen molar-refractivity contribution in [3.63, 3.8) is 0 Å². The summed E-state index contributed by atoms with van der Waals surface area (Å²) >= 11 is 0. The van der Waals surface area contributed by atoms with E-state index in [0.717, 1.165) is 12.3 Å². The highest BCUT2D eigenvalue weighted by molar-refractivity contribution is 5.01. The Balaban J connectivity index is 2.15. The normalized spacial score (nSPS) is 20.3. The van der Waals surface area contributed by atoms with Gasteiger partial charge in [0.05, 0.1) is 6.07 Å². The fourth-order valence-corrected chi connectivity index (χ4v) is 1.74. The first kappa shape index (κ1) is 8.33. The van der Waals surface area contributed by atoms with Gasteiger partial charge in [-0.05, 0) is 12.3 Å². The van der Waals surface area contributed by atoms with Gasteiger partial charge in [0.15, 0.2) is 0 Å². The predicted molar refractivity (Wildman–Crippen MR) is 45.9 cm³/mol. The van der Waals surface area contributed by atoms with E-state index < -0.39 is 0 Å². The van der Waals surface area contributed by atoms with Crippen LogP contribution in [0.4, 0.5) is 0 Å². The Labute approximate surface area is 68.7 Å². The van der Waals surface area contributed by atoms with Gasteiger partial charge < -0.3 is 0 Å². The molecule has 0 radical (unpaired) electrons. The van der Waals surface area contributed by atoms with Crippen molar-refractivity contribution in [1.29, 1.82) is 5.26 Å². The quantitative estimate of drug-likeness (QED) is 0.553. The van der Waals surface area contributed by atoms with E-state index >= 15 is 0 Å². The van der Waals surface area contributed by atoms with Gasteiger partial charge in [-0.3, -0.25) is 0 Å². The monoisotopic (exact) mass is 149 g/mol. The minimum atomic E-state index is 0.869. The zero-order chi connectivity index (χ0) is 7.94. The van der Waals surface area contributed by atoms with Gasteiger partial charge in [-0.2, -0.15) is 5.26 Å². The van der Waals surface area contributed by atoms with Crippen molar-refractivity contribution < 1.29 is 0 Å². The number of nitrogens with zero attached hydrogens (tertiary/aromatic N) is 1. The number of rotatable bonds is 2. The Morgan fingerprint density at radius 1 is 1.27 bits per heavy atom. The Kier molecular flexibility index (Phi) is 3.75. The number of hydrogen-bond donors (Lipinski definition) is 0. The lowest BCUT2D eigenvalue weighted by Gasteiger charge is -2.19. The largest absolute Gasteiger partial charge is 0.193 e. The SMILES string of the molecule is N#CC=CCC1CCCCC1. The molecule has 0 unspecified atom stereocenters. The van der Waals surface area contributed by atoms with Crippen LogP contribution < -0.4 is 0 Å². The van der Waals surface area contributed by atoms with Gasteiger partial charge in [-0.1, -0.05) is 38.2 Å². The van der Waals surface area contributed by atoms with E-state index in [4.69, 9.17) is 5.26 Å². The van der Waals surface area contributed by atoms with Crippen LogP contribution in [0.25, 0.3) is 0 Å². The van der Waals surface area contributed by atoms with E-state index in [-0.39, 0.29) is 0 Å². The molecule has 1 aliphatic rings. The molecule has 0 spiro atoms. The summed E-state index contributed by atoms with van der Waals surface area (Å²) in [6.07, 6.45) is 11.7. The molecular weight excluding hydrogens is 134 g/mol. The van der Waals surface area contributed by atoms with Crippen LogP contribution in [0.15, 0.2) is 12.2 Å². The number of nitriles is 1. The molecule has 0 aromatic carbocycles. The van der Waals surface area contributed by atoms with Crippen molar-refractivity contribution in [2.24, 2.45) is 5.92 Å². The van der Waals surface area contributed by atoms with E-state index in [2.05, 4.69) is 0 Å². The summed E-state index contributed by atoms with van der Waals surface area (Å²) in [5.41, 5.74) is 0. The molecular formula is C10H15N. The maximum Gasteiger partial charge on any atom is 0.0908 e. The first-order valence-corrected chi connectivity index (χ1v) is 4.48. The molecule has 1 fully saturated rings. The molecule has 0 aromatic rings. The van der Waals surface area contributed by atoms with Crippen LogP contribution in [0, 0.1) is 17.2 Å². The third-order valence-corrected chi connectivity index (χ3v) is 2.39. The van der Waals surface area contributed by atoms with Crippen LogP contribution in [-0.2, 0) is 0 Å². The lowest BCUT2D eigenvalue weighted by Crippen LogP contribution is -2.04. The van der Waals surface area contributed by atoms with Crippen LogP contribution in [-0.4, -0.2) is 0 Å². The van der Waals surface area contributed by atoms with Crippen LogP contribution in [0.5, 0.6) is 0 Å². The van der Waals surface area contributed by atoms with E-state index in [1.165, 1.54) is 32.1 Å². The second-order valence-corrected chi connectivity index (χ2v) is 3.27. The van der Waals surface area contributed by atoms with E-state index in [9.17, 15) is 0 Å². The molecule has 0 aliphatic heterocycles. The van der Waals surface area contributed by atoms with Gasteiger partial charge >= 0.3 is 0 Å². The Morgan fingerprint density at radius 2 is 2.00 bits per heavy atom. The minimum Gasteiger partial charge on any atom is -0.193 e. The first-order chi connectivity index (χ1) is 5.43. The van der Waals surface area contributed by atoms with Gasteiger partial charge in [0.2, 0.25) is 0 Å². The van der Waals surface area contributed by atoms with Crippen molar-refractivity contribution in [2.45, 2.75) is 38.5 Å². The zero-order valence-electron chi connectivity index (χ0n) is 6.92. The van der Waals surface area contributed by atoms with Crippen molar-refractivity contribution in [3.05, 3.63) is 12.2 Å². The summed E-state index contributed by atoms with van der Waals surface area (Å²) in [5, 5.41) is 8.26. The van der Waals surface area contributed by atoms with Crippen molar-refractivity contribution >= 4 is 0 Å². The lowest BCUT2D eigenvalue weighted by atomic mass is 9.87. The molecule has 1 nitrogen and oxygen atoms in total. The maximum absolute atomic E-state index is 8.26. The smallest absolute Gasteiger partial charge is 0.0908 e. The first-order valence-electron chi connectivity index (χ1n) is 4.48. The summed E-state index contributed by atoms with van der Waals surface area (Å²) in [5.74, 6) is 0.869.